The van der Waals surface area contributed by atoms with E-state index in [2.05, 4.69) is 17.4 Å². The summed E-state index contributed by atoms with van der Waals surface area (Å²) in [5, 5.41) is 11.3. The summed E-state index contributed by atoms with van der Waals surface area (Å²) in [7, 11) is 0. The van der Waals surface area contributed by atoms with Crippen molar-refractivity contribution < 1.29 is 14.6 Å². The Balaban J connectivity index is 2.04. The van der Waals surface area contributed by atoms with Gasteiger partial charge >= 0.3 is 6.09 Å². The SMILES string of the molecule is CC(C)(OC(=O)NCCCO)c1ccc(-c2ccccc2)cc1. The van der Waals surface area contributed by atoms with Gasteiger partial charge in [-0.15, -0.1) is 0 Å². The van der Waals surface area contributed by atoms with E-state index in [1.807, 2.05) is 56.3 Å². The Bertz CT molecular complexity index is 621. The number of aliphatic hydroxyl groups is 1. The number of hydrogen-bond donors (Lipinski definition) is 2. The zero-order chi connectivity index (χ0) is 16.7. The Hall–Kier alpha value is -2.33. The van der Waals surface area contributed by atoms with Gasteiger partial charge in [0.25, 0.3) is 0 Å². The minimum Gasteiger partial charge on any atom is -0.439 e. The first-order valence-electron chi connectivity index (χ1n) is 7.76. The number of amides is 1. The van der Waals surface area contributed by atoms with Crippen LogP contribution in [0.4, 0.5) is 4.79 Å². The van der Waals surface area contributed by atoms with E-state index >= 15 is 0 Å². The van der Waals surface area contributed by atoms with Gasteiger partial charge in [0, 0.05) is 13.2 Å². The molecule has 0 spiro atoms. The van der Waals surface area contributed by atoms with Gasteiger partial charge in [-0.1, -0.05) is 54.6 Å². The lowest BCUT2D eigenvalue weighted by molar-refractivity contribution is 0.0363. The average molecular weight is 313 g/mol. The topological polar surface area (TPSA) is 58.6 Å². The van der Waals surface area contributed by atoms with Crippen LogP contribution in [0.1, 0.15) is 25.8 Å². The lowest BCUT2D eigenvalue weighted by Gasteiger charge is -2.26. The molecule has 0 aliphatic carbocycles. The van der Waals surface area contributed by atoms with E-state index in [0.29, 0.717) is 13.0 Å². The van der Waals surface area contributed by atoms with Gasteiger partial charge in [-0.3, -0.25) is 0 Å². The predicted octanol–water partition coefficient (Wildman–Crippen LogP) is 3.70. The second-order valence-electron chi connectivity index (χ2n) is 5.85. The Kier molecular flexibility index (Phi) is 5.77. The highest BCUT2D eigenvalue weighted by Crippen LogP contribution is 2.27. The standard InChI is InChI=1S/C19H23NO3/c1-19(2,23-18(22)20-13-6-14-21)17-11-9-16(10-12-17)15-7-4-3-5-8-15/h3-5,7-12,21H,6,13-14H2,1-2H3,(H,20,22). The highest BCUT2D eigenvalue weighted by Gasteiger charge is 2.25. The zero-order valence-corrected chi connectivity index (χ0v) is 13.6. The number of benzene rings is 2. The number of carbonyl (C=O) groups excluding carboxylic acids is 1. The summed E-state index contributed by atoms with van der Waals surface area (Å²) in [5.41, 5.74) is 2.48. The minimum absolute atomic E-state index is 0.0463. The summed E-state index contributed by atoms with van der Waals surface area (Å²) in [6, 6.07) is 18.1. The molecule has 4 nitrogen and oxygen atoms in total. The number of nitrogens with one attached hydrogen (secondary N) is 1. The molecule has 0 atom stereocenters. The molecule has 2 aromatic rings. The van der Waals surface area contributed by atoms with E-state index in [-0.39, 0.29) is 6.61 Å². The Labute approximate surface area is 137 Å². The monoisotopic (exact) mass is 313 g/mol. The van der Waals surface area contributed by atoms with Crippen LogP contribution in [0, 0.1) is 0 Å². The third kappa shape index (κ3) is 4.83. The van der Waals surface area contributed by atoms with Crippen molar-refractivity contribution in [2.45, 2.75) is 25.9 Å². The van der Waals surface area contributed by atoms with Gasteiger partial charge in [0.05, 0.1) is 0 Å². The molecule has 0 fully saturated rings. The number of carbonyl (C=O) groups is 1. The van der Waals surface area contributed by atoms with Crippen LogP contribution in [0.15, 0.2) is 54.6 Å². The largest absolute Gasteiger partial charge is 0.439 e. The molecule has 122 valence electrons. The lowest BCUT2D eigenvalue weighted by Crippen LogP contribution is -2.33. The van der Waals surface area contributed by atoms with E-state index in [9.17, 15) is 4.79 Å². The van der Waals surface area contributed by atoms with Crippen molar-refractivity contribution in [1.29, 1.82) is 0 Å². The summed E-state index contributed by atoms with van der Waals surface area (Å²) in [6.07, 6.45) is 0.0389. The minimum atomic E-state index is -0.724. The van der Waals surface area contributed by atoms with Crippen LogP contribution in [0.25, 0.3) is 11.1 Å². The fourth-order valence-corrected chi connectivity index (χ4v) is 2.29. The summed E-state index contributed by atoms with van der Waals surface area (Å²) in [5.74, 6) is 0. The average Bonchev–Trinajstić information content (AvgIpc) is 2.55. The molecule has 0 saturated heterocycles. The molecule has 0 unspecified atom stereocenters. The smallest absolute Gasteiger partial charge is 0.408 e. The van der Waals surface area contributed by atoms with Crippen molar-refractivity contribution >= 4 is 6.09 Å². The van der Waals surface area contributed by atoms with Gasteiger partial charge in [-0.05, 0) is 37.0 Å². The first-order valence-corrected chi connectivity index (χ1v) is 7.76. The van der Waals surface area contributed by atoms with Gasteiger partial charge in [0.2, 0.25) is 0 Å². The van der Waals surface area contributed by atoms with Gasteiger partial charge in [-0.25, -0.2) is 4.79 Å². The Morgan fingerprint density at radius 3 is 2.26 bits per heavy atom. The molecule has 0 aliphatic heterocycles. The normalized spacial score (nSPS) is 11.1. The van der Waals surface area contributed by atoms with Crippen LogP contribution < -0.4 is 5.32 Å². The predicted molar refractivity (Wildman–Crippen MR) is 91.1 cm³/mol. The third-order valence-electron chi connectivity index (χ3n) is 3.64. The molecule has 0 aliphatic rings. The van der Waals surface area contributed by atoms with E-state index in [1.165, 1.54) is 0 Å². The Morgan fingerprint density at radius 1 is 1.04 bits per heavy atom. The summed E-state index contributed by atoms with van der Waals surface area (Å²) >= 11 is 0. The van der Waals surface area contributed by atoms with Gasteiger partial charge in [-0.2, -0.15) is 0 Å². The van der Waals surface area contributed by atoms with Crippen LogP contribution in [-0.2, 0) is 10.3 Å². The van der Waals surface area contributed by atoms with E-state index in [4.69, 9.17) is 9.84 Å². The number of alkyl carbamates (subject to hydrolysis) is 1. The van der Waals surface area contributed by atoms with Gasteiger partial charge in [0.1, 0.15) is 5.60 Å². The highest BCUT2D eigenvalue weighted by atomic mass is 16.6. The van der Waals surface area contributed by atoms with Crippen molar-refractivity contribution in [3.8, 4) is 11.1 Å². The van der Waals surface area contributed by atoms with Gasteiger partial charge < -0.3 is 15.2 Å². The van der Waals surface area contributed by atoms with Crippen molar-refractivity contribution in [2.24, 2.45) is 0 Å². The molecule has 2 aromatic carbocycles. The van der Waals surface area contributed by atoms with Crippen LogP contribution in [-0.4, -0.2) is 24.4 Å². The summed E-state index contributed by atoms with van der Waals surface area (Å²) < 4.78 is 5.48. The molecule has 2 rings (SSSR count). The molecular weight excluding hydrogens is 290 g/mol. The highest BCUT2D eigenvalue weighted by molar-refractivity contribution is 5.68. The second-order valence-corrected chi connectivity index (χ2v) is 5.85. The molecule has 1 amide bonds. The molecular formula is C19H23NO3. The first kappa shape index (κ1) is 17.0. The number of aliphatic hydroxyl groups excluding tert-OH is 1. The molecule has 2 N–H and O–H groups in total. The molecule has 0 radical (unpaired) electrons. The second kappa shape index (κ2) is 7.79. The fraction of sp³-hybridized carbons (Fsp3) is 0.316. The number of rotatable bonds is 6. The van der Waals surface area contributed by atoms with E-state index < -0.39 is 11.7 Å². The van der Waals surface area contributed by atoms with Gasteiger partial charge in [0.15, 0.2) is 0 Å². The van der Waals surface area contributed by atoms with Crippen LogP contribution in [0.2, 0.25) is 0 Å². The molecule has 23 heavy (non-hydrogen) atoms. The number of hydrogen-bond acceptors (Lipinski definition) is 3. The zero-order valence-electron chi connectivity index (χ0n) is 13.6. The van der Waals surface area contributed by atoms with Crippen LogP contribution in [0.3, 0.4) is 0 Å². The van der Waals surface area contributed by atoms with E-state index in [1.54, 1.807) is 0 Å². The lowest BCUT2D eigenvalue weighted by atomic mass is 9.95. The maximum Gasteiger partial charge on any atom is 0.408 e. The third-order valence-corrected chi connectivity index (χ3v) is 3.64. The quantitative estimate of drug-likeness (QED) is 0.800. The molecule has 0 saturated carbocycles. The maximum absolute atomic E-state index is 11.8. The van der Waals surface area contributed by atoms with Crippen molar-refractivity contribution in [3.05, 3.63) is 60.2 Å². The molecule has 0 heterocycles. The van der Waals surface area contributed by atoms with Crippen molar-refractivity contribution in [1.82, 2.24) is 5.32 Å². The van der Waals surface area contributed by atoms with E-state index in [0.717, 1.165) is 16.7 Å². The molecule has 0 aromatic heterocycles. The summed E-state index contributed by atoms with van der Waals surface area (Å²) in [6.45, 7) is 4.16. The number of ether oxygens (including phenoxy) is 1. The Morgan fingerprint density at radius 2 is 1.65 bits per heavy atom. The molecule has 0 bridgehead atoms. The first-order chi connectivity index (χ1) is 11.0. The molecule has 4 heteroatoms. The summed E-state index contributed by atoms with van der Waals surface area (Å²) in [4.78, 5) is 11.8. The van der Waals surface area contributed by atoms with Crippen LogP contribution >= 0.6 is 0 Å². The van der Waals surface area contributed by atoms with Crippen molar-refractivity contribution in [3.63, 3.8) is 0 Å². The maximum atomic E-state index is 11.8. The fourth-order valence-electron chi connectivity index (χ4n) is 2.29. The van der Waals surface area contributed by atoms with Crippen molar-refractivity contribution in [2.75, 3.05) is 13.2 Å². The van der Waals surface area contributed by atoms with Crippen LogP contribution in [0.5, 0.6) is 0 Å².